The SMILES string of the molecule is Cc1ccc2cccc(OS(=O)(=O)c3cc(F)ccc3Cl)c2n1. The number of hydrogen-bond acceptors (Lipinski definition) is 4. The van der Waals surface area contributed by atoms with Crippen molar-refractivity contribution in [3.05, 3.63) is 65.1 Å². The molecule has 0 unspecified atom stereocenters. The summed E-state index contributed by atoms with van der Waals surface area (Å²) in [7, 11) is -4.28. The van der Waals surface area contributed by atoms with E-state index in [-0.39, 0.29) is 10.8 Å². The van der Waals surface area contributed by atoms with Crippen LogP contribution in [0.4, 0.5) is 4.39 Å². The molecule has 0 amide bonds. The fraction of sp³-hybridized carbons (Fsp3) is 0.0625. The Kier molecular flexibility index (Phi) is 3.95. The molecule has 0 aliphatic carbocycles. The Bertz CT molecular complexity index is 1010. The third kappa shape index (κ3) is 3.13. The van der Waals surface area contributed by atoms with Gasteiger partial charge in [0.1, 0.15) is 16.2 Å². The molecule has 3 rings (SSSR count). The van der Waals surface area contributed by atoms with Crippen molar-refractivity contribution in [3.8, 4) is 5.75 Å². The lowest BCUT2D eigenvalue weighted by Gasteiger charge is -2.10. The van der Waals surface area contributed by atoms with Crippen LogP contribution in [0.3, 0.4) is 0 Å². The van der Waals surface area contributed by atoms with Crippen LogP contribution in [0.2, 0.25) is 5.02 Å². The molecule has 3 aromatic rings. The van der Waals surface area contributed by atoms with E-state index >= 15 is 0 Å². The molecule has 0 bridgehead atoms. The fourth-order valence-corrected chi connectivity index (χ4v) is 3.54. The summed E-state index contributed by atoms with van der Waals surface area (Å²) in [5, 5.41) is 0.615. The van der Waals surface area contributed by atoms with Crippen molar-refractivity contribution in [1.29, 1.82) is 0 Å². The molecule has 0 atom stereocenters. The summed E-state index contributed by atoms with van der Waals surface area (Å²) in [5.41, 5.74) is 1.12. The van der Waals surface area contributed by atoms with Gasteiger partial charge >= 0.3 is 10.1 Å². The van der Waals surface area contributed by atoms with Gasteiger partial charge in [0.2, 0.25) is 0 Å². The molecule has 0 aliphatic rings. The van der Waals surface area contributed by atoms with Gasteiger partial charge in [-0.3, -0.25) is 0 Å². The molecule has 0 fully saturated rings. The van der Waals surface area contributed by atoms with E-state index < -0.39 is 20.8 Å². The number of pyridine rings is 1. The molecule has 0 aliphatic heterocycles. The summed E-state index contributed by atoms with van der Waals surface area (Å²) in [6.07, 6.45) is 0. The molecule has 7 heteroatoms. The van der Waals surface area contributed by atoms with Gasteiger partial charge in [0.05, 0.1) is 5.02 Å². The Labute approximate surface area is 137 Å². The van der Waals surface area contributed by atoms with Gasteiger partial charge in [-0.1, -0.05) is 29.8 Å². The highest BCUT2D eigenvalue weighted by Gasteiger charge is 2.22. The quantitative estimate of drug-likeness (QED) is 0.666. The summed E-state index contributed by atoms with van der Waals surface area (Å²) in [4.78, 5) is 3.87. The number of halogens is 2. The average molecular weight is 352 g/mol. The van der Waals surface area contributed by atoms with E-state index in [4.69, 9.17) is 15.8 Å². The van der Waals surface area contributed by atoms with Crippen molar-refractivity contribution in [2.45, 2.75) is 11.8 Å². The number of hydrogen-bond donors (Lipinski definition) is 0. The minimum Gasteiger partial charge on any atom is -0.377 e. The Morgan fingerprint density at radius 1 is 1.13 bits per heavy atom. The first-order valence-corrected chi connectivity index (χ1v) is 8.41. The van der Waals surface area contributed by atoms with E-state index in [1.165, 1.54) is 12.1 Å². The maximum Gasteiger partial charge on any atom is 0.340 e. The summed E-state index contributed by atoms with van der Waals surface area (Å²) in [6.45, 7) is 1.79. The average Bonchev–Trinajstić information content (AvgIpc) is 2.50. The first-order chi connectivity index (χ1) is 10.9. The Morgan fingerprint density at radius 2 is 1.91 bits per heavy atom. The second kappa shape index (κ2) is 5.79. The molecule has 0 spiro atoms. The molecule has 0 saturated heterocycles. The third-order valence-corrected chi connectivity index (χ3v) is 4.90. The highest BCUT2D eigenvalue weighted by molar-refractivity contribution is 7.87. The van der Waals surface area contributed by atoms with E-state index in [1.807, 2.05) is 12.1 Å². The molecule has 0 N–H and O–H groups in total. The lowest BCUT2D eigenvalue weighted by atomic mass is 10.2. The van der Waals surface area contributed by atoms with Crippen LogP contribution in [0.25, 0.3) is 10.9 Å². The molecular formula is C16H11ClFNO3S. The molecule has 118 valence electrons. The zero-order chi connectivity index (χ0) is 16.6. The van der Waals surface area contributed by atoms with Crippen molar-refractivity contribution in [1.82, 2.24) is 4.98 Å². The maximum atomic E-state index is 13.3. The van der Waals surface area contributed by atoms with E-state index in [0.29, 0.717) is 5.52 Å². The van der Waals surface area contributed by atoms with Crippen molar-refractivity contribution >= 4 is 32.6 Å². The molecule has 0 radical (unpaired) electrons. The van der Waals surface area contributed by atoms with E-state index in [2.05, 4.69) is 4.98 Å². The number of rotatable bonds is 3. The number of nitrogens with zero attached hydrogens (tertiary/aromatic N) is 1. The molecular weight excluding hydrogens is 341 g/mol. The predicted molar refractivity (Wildman–Crippen MR) is 85.7 cm³/mol. The number of fused-ring (bicyclic) bond motifs is 1. The van der Waals surface area contributed by atoms with Gasteiger partial charge in [-0.05, 0) is 37.3 Å². The van der Waals surface area contributed by atoms with Crippen LogP contribution in [0.1, 0.15) is 5.69 Å². The minimum absolute atomic E-state index is 0.0616. The summed E-state index contributed by atoms with van der Waals surface area (Å²) < 4.78 is 43.3. The number of para-hydroxylation sites is 1. The minimum atomic E-state index is -4.28. The monoisotopic (exact) mass is 351 g/mol. The predicted octanol–water partition coefficient (Wildman–Crippen LogP) is 4.10. The van der Waals surface area contributed by atoms with Gasteiger partial charge in [0.15, 0.2) is 5.75 Å². The van der Waals surface area contributed by atoms with Crippen molar-refractivity contribution in [2.75, 3.05) is 0 Å². The summed E-state index contributed by atoms with van der Waals surface area (Å²) in [5.74, 6) is -0.657. The normalized spacial score (nSPS) is 11.6. The van der Waals surface area contributed by atoms with Crippen LogP contribution < -0.4 is 4.18 Å². The second-order valence-corrected chi connectivity index (χ2v) is 6.81. The number of benzene rings is 2. The van der Waals surface area contributed by atoms with Gasteiger partial charge in [-0.25, -0.2) is 9.37 Å². The van der Waals surface area contributed by atoms with Crippen LogP contribution in [0.15, 0.2) is 53.4 Å². The zero-order valence-electron chi connectivity index (χ0n) is 12.0. The number of aryl methyl sites for hydroxylation is 1. The third-order valence-electron chi connectivity index (χ3n) is 3.18. The lowest BCUT2D eigenvalue weighted by Crippen LogP contribution is -2.11. The topological polar surface area (TPSA) is 56.3 Å². The fourth-order valence-electron chi connectivity index (χ4n) is 2.12. The Balaban J connectivity index is 2.11. The summed E-state index contributed by atoms with van der Waals surface area (Å²) >= 11 is 5.85. The van der Waals surface area contributed by atoms with Crippen LogP contribution in [-0.4, -0.2) is 13.4 Å². The zero-order valence-corrected chi connectivity index (χ0v) is 13.5. The molecule has 0 saturated carbocycles. The van der Waals surface area contributed by atoms with Crippen molar-refractivity contribution < 1.29 is 17.0 Å². The van der Waals surface area contributed by atoms with Crippen molar-refractivity contribution in [2.24, 2.45) is 0 Å². The van der Waals surface area contributed by atoms with Crippen LogP contribution in [0, 0.1) is 12.7 Å². The Morgan fingerprint density at radius 3 is 2.70 bits per heavy atom. The first kappa shape index (κ1) is 15.7. The van der Waals surface area contributed by atoms with Gasteiger partial charge < -0.3 is 4.18 Å². The molecule has 4 nitrogen and oxygen atoms in total. The van der Waals surface area contributed by atoms with E-state index in [1.54, 1.807) is 19.1 Å². The first-order valence-electron chi connectivity index (χ1n) is 6.63. The van der Waals surface area contributed by atoms with Crippen LogP contribution >= 0.6 is 11.6 Å². The molecule has 23 heavy (non-hydrogen) atoms. The summed E-state index contributed by atoms with van der Waals surface area (Å²) in [6, 6.07) is 11.6. The molecule has 2 aromatic carbocycles. The van der Waals surface area contributed by atoms with Crippen LogP contribution in [-0.2, 0) is 10.1 Å². The van der Waals surface area contributed by atoms with Crippen molar-refractivity contribution in [3.63, 3.8) is 0 Å². The number of aromatic nitrogens is 1. The van der Waals surface area contributed by atoms with E-state index in [9.17, 15) is 12.8 Å². The Hall–Kier alpha value is -2.18. The van der Waals surface area contributed by atoms with Gasteiger partial charge in [-0.2, -0.15) is 8.42 Å². The molecule has 1 heterocycles. The molecule has 1 aromatic heterocycles. The van der Waals surface area contributed by atoms with Gasteiger partial charge in [-0.15, -0.1) is 0 Å². The van der Waals surface area contributed by atoms with Crippen LogP contribution in [0.5, 0.6) is 5.75 Å². The lowest BCUT2D eigenvalue weighted by molar-refractivity contribution is 0.487. The highest BCUT2D eigenvalue weighted by Crippen LogP contribution is 2.29. The van der Waals surface area contributed by atoms with E-state index in [0.717, 1.165) is 23.2 Å². The standard InChI is InChI=1S/C16H11ClFNO3S/c1-10-5-6-11-3-2-4-14(16(11)19-10)22-23(20,21)15-9-12(18)7-8-13(15)17/h2-9H,1H3. The smallest absolute Gasteiger partial charge is 0.340 e. The van der Waals surface area contributed by atoms with Gasteiger partial charge in [0.25, 0.3) is 0 Å². The van der Waals surface area contributed by atoms with Gasteiger partial charge in [0, 0.05) is 11.1 Å². The highest BCUT2D eigenvalue weighted by atomic mass is 35.5. The largest absolute Gasteiger partial charge is 0.377 e. The second-order valence-electron chi connectivity index (χ2n) is 4.89. The maximum absolute atomic E-state index is 13.3.